The van der Waals surface area contributed by atoms with Crippen molar-refractivity contribution < 1.29 is 18.0 Å². The molecule has 3 aromatic carbocycles. The van der Waals surface area contributed by atoms with Crippen molar-refractivity contribution in [2.75, 3.05) is 23.1 Å². The van der Waals surface area contributed by atoms with E-state index < -0.39 is 10.0 Å². The van der Waals surface area contributed by atoms with E-state index in [2.05, 4.69) is 16.1 Å². The van der Waals surface area contributed by atoms with Crippen LogP contribution < -0.4 is 10.0 Å². The molecule has 0 spiro atoms. The molecular weight excluding hydrogens is 488 g/mol. The number of rotatable bonds is 5. The number of nitrogens with zero attached hydrogens (tertiary/aromatic N) is 2. The number of hydrogen-bond acceptors (Lipinski definition) is 5. The molecule has 2 amide bonds. The topological polar surface area (TPSA) is 119 Å². The average Bonchev–Trinajstić information content (AvgIpc) is 3.29. The zero-order valence-corrected chi connectivity index (χ0v) is 21.1. The average molecular weight is 515 g/mol. The second-order valence-corrected chi connectivity index (χ2v) is 11.2. The van der Waals surface area contributed by atoms with Gasteiger partial charge in [0.25, 0.3) is 15.9 Å². The molecule has 5 rings (SSSR count). The molecule has 0 radical (unpaired) electrons. The molecule has 0 unspecified atom stereocenters. The molecule has 2 heterocycles. The highest BCUT2D eigenvalue weighted by molar-refractivity contribution is 7.92. The normalized spacial score (nSPS) is 15.6. The lowest BCUT2D eigenvalue weighted by Gasteiger charge is -2.32. The molecule has 188 valence electrons. The Morgan fingerprint density at radius 1 is 1.05 bits per heavy atom. The van der Waals surface area contributed by atoms with Gasteiger partial charge in [0.2, 0.25) is 5.91 Å². The third-order valence-electron chi connectivity index (χ3n) is 7.03. The van der Waals surface area contributed by atoms with Gasteiger partial charge >= 0.3 is 0 Å². The van der Waals surface area contributed by atoms with Crippen LogP contribution in [0, 0.1) is 18.3 Å². The number of fused-ring (bicyclic) bond motifs is 1. The van der Waals surface area contributed by atoms with Gasteiger partial charge in [-0.2, -0.15) is 5.26 Å². The van der Waals surface area contributed by atoms with Gasteiger partial charge < -0.3 is 10.2 Å². The Morgan fingerprint density at radius 3 is 2.49 bits per heavy atom. The fraction of sp³-hybridized carbons (Fsp3) is 0.250. The fourth-order valence-electron chi connectivity index (χ4n) is 4.87. The van der Waals surface area contributed by atoms with E-state index in [1.165, 1.54) is 17.7 Å². The Hall–Kier alpha value is -4.16. The number of likely N-dealkylation sites (tertiary alicyclic amines) is 1. The zero-order chi connectivity index (χ0) is 26.2. The molecule has 3 aromatic rings. The van der Waals surface area contributed by atoms with Gasteiger partial charge in [-0.15, -0.1) is 0 Å². The molecule has 1 saturated heterocycles. The van der Waals surface area contributed by atoms with Crippen LogP contribution in [0.5, 0.6) is 0 Å². The molecule has 2 aliphatic heterocycles. The van der Waals surface area contributed by atoms with Gasteiger partial charge in [-0.25, -0.2) is 8.42 Å². The summed E-state index contributed by atoms with van der Waals surface area (Å²) in [5.74, 6) is 0.0244. The van der Waals surface area contributed by atoms with Gasteiger partial charge in [-0.3, -0.25) is 14.3 Å². The first-order valence-corrected chi connectivity index (χ1v) is 13.6. The lowest BCUT2D eigenvalue weighted by Crippen LogP contribution is -2.38. The van der Waals surface area contributed by atoms with E-state index in [4.69, 9.17) is 5.26 Å². The summed E-state index contributed by atoms with van der Waals surface area (Å²) < 4.78 is 28.8. The van der Waals surface area contributed by atoms with Crippen molar-refractivity contribution in [2.24, 2.45) is 0 Å². The predicted molar refractivity (Wildman–Crippen MR) is 140 cm³/mol. The minimum atomic E-state index is -3.92. The van der Waals surface area contributed by atoms with Crippen LogP contribution in [0.1, 0.15) is 51.4 Å². The largest absolute Gasteiger partial charge is 0.339 e. The van der Waals surface area contributed by atoms with Crippen LogP contribution >= 0.6 is 0 Å². The van der Waals surface area contributed by atoms with E-state index in [-0.39, 0.29) is 23.1 Å². The van der Waals surface area contributed by atoms with Gasteiger partial charge in [0.1, 0.15) is 0 Å². The van der Waals surface area contributed by atoms with E-state index in [9.17, 15) is 18.0 Å². The molecule has 0 atom stereocenters. The maximum atomic E-state index is 13.3. The predicted octanol–water partition coefficient (Wildman–Crippen LogP) is 4.18. The number of piperidine rings is 1. The second kappa shape index (κ2) is 9.71. The van der Waals surface area contributed by atoms with Crippen molar-refractivity contribution in [1.29, 1.82) is 5.26 Å². The monoisotopic (exact) mass is 514 g/mol. The molecule has 2 aliphatic rings. The number of carbonyl (C=O) groups is 2. The quantitative estimate of drug-likeness (QED) is 0.529. The smallest absolute Gasteiger partial charge is 0.261 e. The summed E-state index contributed by atoms with van der Waals surface area (Å²) in [7, 11) is -3.92. The summed E-state index contributed by atoms with van der Waals surface area (Å²) in [5, 5.41) is 11.7. The number of aryl methyl sites for hydroxylation is 1. The summed E-state index contributed by atoms with van der Waals surface area (Å²) >= 11 is 0. The number of carbonyl (C=O) groups excluding carboxylic acids is 2. The molecule has 0 saturated carbocycles. The summed E-state index contributed by atoms with van der Waals surface area (Å²) in [6.45, 7) is 2.97. The van der Waals surface area contributed by atoms with E-state index in [0.717, 1.165) is 12.8 Å². The van der Waals surface area contributed by atoms with Crippen molar-refractivity contribution in [3.05, 3.63) is 88.5 Å². The highest BCUT2D eigenvalue weighted by atomic mass is 32.2. The second-order valence-electron chi connectivity index (χ2n) is 9.48. The highest BCUT2D eigenvalue weighted by Gasteiger charge is 2.26. The summed E-state index contributed by atoms with van der Waals surface area (Å²) in [4.78, 5) is 26.7. The van der Waals surface area contributed by atoms with Crippen molar-refractivity contribution >= 4 is 33.2 Å². The minimum absolute atomic E-state index is 0.0590. The van der Waals surface area contributed by atoms with E-state index in [1.807, 2.05) is 24.3 Å². The first-order valence-electron chi connectivity index (χ1n) is 12.1. The Morgan fingerprint density at radius 2 is 1.78 bits per heavy atom. The Labute approximate surface area is 216 Å². The first kappa shape index (κ1) is 24.5. The molecule has 37 heavy (non-hydrogen) atoms. The molecule has 0 bridgehead atoms. The van der Waals surface area contributed by atoms with Crippen LogP contribution in [0.4, 0.5) is 11.4 Å². The number of anilines is 2. The molecule has 2 N–H and O–H groups in total. The van der Waals surface area contributed by atoms with E-state index in [0.29, 0.717) is 52.6 Å². The Balaban J connectivity index is 1.28. The maximum Gasteiger partial charge on any atom is 0.261 e. The van der Waals surface area contributed by atoms with Crippen molar-refractivity contribution in [2.45, 2.75) is 37.0 Å². The van der Waals surface area contributed by atoms with Crippen LogP contribution in [0.25, 0.3) is 0 Å². The number of benzene rings is 3. The van der Waals surface area contributed by atoms with Gasteiger partial charge in [0.05, 0.1) is 28.6 Å². The van der Waals surface area contributed by atoms with Crippen LogP contribution in [0.2, 0.25) is 0 Å². The van der Waals surface area contributed by atoms with Crippen LogP contribution in [-0.2, 0) is 21.2 Å². The Kier molecular flexibility index (Phi) is 6.44. The third kappa shape index (κ3) is 5.06. The lowest BCUT2D eigenvalue weighted by molar-refractivity contribution is -0.115. The Bertz CT molecular complexity index is 1530. The van der Waals surface area contributed by atoms with E-state index >= 15 is 0 Å². The fourth-order valence-corrected chi connectivity index (χ4v) is 6.04. The molecule has 9 heteroatoms. The summed E-state index contributed by atoms with van der Waals surface area (Å²) in [5.41, 5.74) is 4.51. The van der Waals surface area contributed by atoms with Crippen molar-refractivity contribution in [1.82, 2.24) is 4.90 Å². The highest BCUT2D eigenvalue weighted by Crippen LogP contribution is 2.30. The molecule has 1 fully saturated rings. The first-order chi connectivity index (χ1) is 17.7. The SMILES string of the molecule is Cc1ccc(C(=O)N2CCC(c3ccc(C#N)cc3)CC2)cc1NS(=O)(=O)c1ccc2c(c1)CC(=O)N2. The van der Waals surface area contributed by atoms with Gasteiger partial charge in [-0.05, 0) is 84.8 Å². The number of sulfonamides is 1. The van der Waals surface area contributed by atoms with Crippen molar-refractivity contribution in [3.63, 3.8) is 0 Å². The van der Waals surface area contributed by atoms with Gasteiger partial charge in [0, 0.05) is 24.3 Å². The zero-order valence-electron chi connectivity index (χ0n) is 20.3. The summed E-state index contributed by atoms with van der Waals surface area (Å²) in [6.07, 6.45) is 1.78. The molecule has 0 aliphatic carbocycles. The van der Waals surface area contributed by atoms with E-state index in [1.54, 1.807) is 36.1 Å². The number of nitriles is 1. The molecule has 0 aromatic heterocycles. The minimum Gasteiger partial charge on any atom is -0.339 e. The van der Waals surface area contributed by atoms with Gasteiger partial charge in [-0.1, -0.05) is 18.2 Å². The van der Waals surface area contributed by atoms with Gasteiger partial charge in [0.15, 0.2) is 0 Å². The van der Waals surface area contributed by atoms with Crippen LogP contribution in [-0.4, -0.2) is 38.2 Å². The van der Waals surface area contributed by atoms with Crippen LogP contribution in [0.3, 0.4) is 0 Å². The number of hydrogen-bond donors (Lipinski definition) is 2. The van der Waals surface area contributed by atoms with Crippen LogP contribution in [0.15, 0.2) is 65.6 Å². The standard InChI is InChI=1S/C28H26N4O4S/c1-18-2-5-22(28(34)32-12-10-21(11-13-32)20-6-3-19(17-29)4-7-20)15-26(18)31-37(35,36)24-8-9-25-23(14-24)16-27(33)30-25/h2-9,14-15,21,31H,10-13,16H2,1H3,(H,30,33). The maximum absolute atomic E-state index is 13.3. The number of amides is 2. The number of nitrogens with one attached hydrogen (secondary N) is 2. The molecular formula is C28H26N4O4S. The summed E-state index contributed by atoms with van der Waals surface area (Å²) in [6, 6.07) is 19.3. The molecule has 8 nitrogen and oxygen atoms in total. The van der Waals surface area contributed by atoms with Crippen molar-refractivity contribution in [3.8, 4) is 6.07 Å². The third-order valence-corrected chi connectivity index (χ3v) is 8.40. The lowest BCUT2D eigenvalue weighted by atomic mass is 9.89.